The number of aromatic nitrogens is 3. The van der Waals surface area contributed by atoms with Crippen LogP contribution in [-0.4, -0.2) is 78.6 Å². The van der Waals surface area contributed by atoms with E-state index in [1.54, 1.807) is 25.6 Å². The fourth-order valence-corrected chi connectivity index (χ4v) is 6.85. The predicted octanol–water partition coefficient (Wildman–Crippen LogP) is 5.63. The molecule has 12 heteroatoms. The second-order valence-corrected chi connectivity index (χ2v) is 14.6. The van der Waals surface area contributed by atoms with Gasteiger partial charge in [-0.1, -0.05) is 91.7 Å². The Bertz CT molecular complexity index is 1800. The quantitative estimate of drug-likeness (QED) is 0.281. The zero-order valence-corrected chi connectivity index (χ0v) is 29.3. The van der Waals surface area contributed by atoms with E-state index in [1.165, 1.54) is 4.90 Å². The van der Waals surface area contributed by atoms with Gasteiger partial charge >= 0.3 is 12.1 Å². The molecule has 2 fully saturated rings. The molecular formula is C39H46N6O6. The molecule has 3 N–H and O–H groups in total. The molecule has 1 saturated heterocycles. The van der Waals surface area contributed by atoms with Gasteiger partial charge in [-0.2, -0.15) is 15.0 Å². The average Bonchev–Trinajstić information content (AvgIpc) is 3.40. The number of carbonyl (C=O) groups excluding carboxylic acids is 3. The summed E-state index contributed by atoms with van der Waals surface area (Å²) in [4.78, 5) is 57.0. The molecule has 3 amide bonds. The van der Waals surface area contributed by atoms with Gasteiger partial charge in [0.25, 0.3) is 0 Å². The minimum atomic E-state index is -1.44. The Kier molecular flexibility index (Phi) is 10.4. The van der Waals surface area contributed by atoms with Crippen LogP contribution in [0.5, 0.6) is 0 Å². The molecule has 0 bridgehead atoms. The van der Waals surface area contributed by atoms with Gasteiger partial charge in [0, 0.05) is 24.4 Å². The van der Waals surface area contributed by atoms with Gasteiger partial charge in [-0.3, -0.25) is 9.59 Å². The lowest BCUT2D eigenvalue weighted by atomic mass is 10.0. The van der Waals surface area contributed by atoms with Crippen molar-refractivity contribution < 1.29 is 29.0 Å². The Labute approximate surface area is 297 Å². The molecule has 2 aromatic carbocycles. The number of ether oxygens (including phenoxy) is 1. The van der Waals surface area contributed by atoms with Gasteiger partial charge in [0.05, 0.1) is 6.04 Å². The molecule has 1 aliphatic carbocycles. The van der Waals surface area contributed by atoms with Crippen molar-refractivity contribution in [1.82, 2.24) is 30.5 Å². The molecule has 51 heavy (non-hydrogen) atoms. The topological polar surface area (TPSA) is 156 Å². The summed E-state index contributed by atoms with van der Waals surface area (Å²) in [6, 6.07) is 17.0. The number of hydrogen-bond acceptors (Lipinski definition) is 7. The summed E-state index contributed by atoms with van der Waals surface area (Å²) in [5.41, 5.74) is 0.896. The molecule has 0 unspecified atom stereocenters. The molecule has 268 valence electrons. The number of nitrogens with one attached hydrogen (secondary N) is 2. The predicted molar refractivity (Wildman–Crippen MR) is 192 cm³/mol. The van der Waals surface area contributed by atoms with Crippen molar-refractivity contribution in [1.29, 1.82) is 0 Å². The average molecular weight is 695 g/mol. The number of carbonyl (C=O) groups is 4. The first-order valence-corrected chi connectivity index (χ1v) is 17.7. The number of alkyl carbamates (subject to hydrolysis) is 1. The molecule has 5 atom stereocenters. The summed E-state index contributed by atoms with van der Waals surface area (Å²) in [6.07, 6.45) is 10.8. The minimum Gasteiger partial charge on any atom is -0.479 e. The lowest BCUT2D eigenvalue weighted by Gasteiger charge is -2.30. The van der Waals surface area contributed by atoms with E-state index in [4.69, 9.17) is 14.9 Å². The van der Waals surface area contributed by atoms with E-state index >= 15 is 0 Å². The zero-order valence-electron chi connectivity index (χ0n) is 29.3. The Morgan fingerprint density at radius 2 is 1.73 bits per heavy atom. The number of carboxylic acid groups (broad SMARTS) is 1. The summed E-state index contributed by atoms with van der Waals surface area (Å²) in [7, 11) is 0. The standard InChI is InChI=1S/C39H46N6O6/c1-38(2,3)51-37(50)40-31-20-14-6-4-5-13-19-28-24-39(28,36(48)49)41-34(46)32-23-29(25-44(32)35(31)47)45-42-30(22-21-26-15-9-7-10-16-26)33(43-45)27-17-11-8-12-18-27/h7-13,15-19,21-22,28-29,31-32H,4-6,14,20,23-25H2,1-3H3,(H,40,50)(H,41,46)(H,48,49)/t28-,29+,31+,32+,39-/m1/s1. The van der Waals surface area contributed by atoms with E-state index in [1.807, 2.05) is 85.0 Å². The summed E-state index contributed by atoms with van der Waals surface area (Å²) >= 11 is 0. The van der Waals surface area contributed by atoms with Gasteiger partial charge < -0.3 is 25.4 Å². The van der Waals surface area contributed by atoms with Crippen LogP contribution < -0.4 is 10.6 Å². The SMILES string of the molecule is CC(C)(C)OC(=O)N[C@H]1CCCCCC=C[C@@H]2C[C@@]2(C(=O)O)NC(=O)[C@@H]2C[C@H](n3nc(C=Cc4ccccc4)c(-c4ccccc4)n3)CN2C1=O. The van der Waals surface area contributed by atoms with E-state index in [-0.39, 0.29) is 25.3 Å². The van der Waals surface area contributed by atoms with Crippen LogP contribution in [0.15, 0.2) is 72.8 Å². The molecule has 0 radical (unpaired) electrons. The number of carboxylic acids is 1. The van der Waals surface area contributed by atoms with E-state index < -0.39 is 53.1 Å². The summed E-state index contributed by atoms with van der Waals surface area (Å²) in [5, 5.41) is 25.6. The van der Waals surface area contributed by atoms with Crippen molar-refractivity contribution in [2.24, 2.45) is 5.92 Å². The van der Waals surface area contributed by atoms with Crippen LogP contribution in [0.3, 0.4) is 0 Å². The van der Waals surface area contributed by atoms with Crippen LogP contribution in [0.2, 0.25) is 0 Å². The Morgan fingerprint density at radius 1 is 1.00 bits per heavy atom. The van der Waals surface area contributed by atoms with E-state index in [2.05, 4.69) is 10.6 Å². The first-order valence-electron chi connectivity index (χ1n) is 17.7. The van der Waals surface area contributed by atoms with Gasteiger partial charge in [0.15, 0.2) is 0 Å². The van der Waals surface area contributed by atoms with Gasteiger partial charge in [-0.15, -0.1) is 0 Å². The second kappa shape index (κ2) is 14.9. The Hall–Kier alpha value is -5.26. The number of allylic oxidation sites excluding steroid dienone is 1. The molecule has 3 heterocycles. The minimum absolute atomic E-state index is 0.0809. The van der Waals surface area contributed by atoms with Gasteiger partial charge in [0.1, 0.15) is 34.6 Å². The number of aliphatic carboxylic acids is 1. The highest BCUT2D eigenvalue weighted by Gasteiger charge is 2.61. The maximum Gasteiger partial charge on any atom is 0.408 e. The van der Waals surface area contributed by atoms with E-state index in [9.17, 15) is 24.3 Å². The summed E-state index contributed by atoms with van der Waals surface area (Å²) in [6.45, 7) is 5.32. The van der Waals surface area contributed by atoms with Crippen LogP contribution in [-0.2, 0) is 19.1 Å². The fraction of sp³-hybridized carbons (Fsp3) is 0.436. The maximum atomic E-state index is 14.4. The van der Waals surface area contributed by atoms with Crippen molar-refractivity contribution in [2.45, 2.75) is 95.0 Å². The van der Waals surface area contributed by atoms with Crippen molar-refractivity contribution >= 4 is 36.0 Å². The molecule has 0 spiro atoms. The van der Waals surface area contributed by atoms with Crippen LogP contribution in [0.25, 0.3) is 23.4 Å². The highest BCUT2D eigenvalue weighted by Crippen LogP contribution is 2.45. The third kappa shape index (κ3) is 8.38. The molecule has 3 aromatic rings. The molecular weight excluding hydrogens is 648 g/mol. The van der Waals surface area contributed by atoms with Gasteiger partial charge in [-0.25, -0.2) is 9.59 Å². The van der Waals surface area contributed by atoms with Crippen LogP contribution in [0.1, 0.15) is 83.0 Å². The molecule has 12 nitrogen and oxygen atoms in total. The summed E-state index contributed by atoms with van der Waals surface area (Å²) in [5.74, 6) is -2.45. The van der Waals surface area contributed by atoms with E-state index in [0.717, 1.165) is 30.4 Å². The smallest absolute Gasteiger partial charge is 0.408 e. The molecule has 6 rings (SSSR count). The van der Waals surface area contributed by atoms with Crippen LogP contribution >= 0.6 is 0 Å². The number of benzene rings is 2. The van der Waals surface area contributed by atoms with E-state index in [0.29, 0.717) is 24.2 Å². The van der Waals surface area contributed by atoms with Crippen molar-refractivity contribution in [2.75, 3.05) is 6.54 Å². The van der Waals surface area contributed by atoms with Crippen LogP contribution in [0.4, 0.5) is 4.79 Å². The maximum absolute atomic E-state index is 14.4. The number of amides is 3. The van der Waals surface area contributed by atoms with Crippen molar-refractivity contribution in [3.63, 3.8) is 0 Å². The van der Waals surface area contributed by atoms with Crippen molar-refractivity contribution in [3.8, 4) is 11.3 Å². The van der Waals surface area contributed by atoms with Gasteiger partial charge in [-0.05, 0) is 58.1 Å². The zero-order chi connectivity index (χ0) is 36.2. The highest BCUT2D eigenvalue weighted by molar-refractivity contribution is 5.96. The number of rotatable bonds is 6. The normalized spacial score (nSPS) is 25.7. The Morgan fingerprint density at radius 3 is 2.43 bits per heavy atom. The monoisotopic (exact) mass is 694 g/mol. The van der Waals surface area contributed by atoms with Crippen LogP contribution in [0, 0.1) is 5.92 Å². The number of nitrogens with zero attached hydrogens (tertiary/aromatic N) is 4. The third-order valence-electron chi connectivity index (χ3n) is 9.59. The first kappa shape index (κ1) is 35.6. The fourth-order valence-electron chi connectivity index (χ4n) is 6.85. The first-order chi connectivity index (χ1) is 24.4. The van der Waals surface area contributed by atoms with Crippen molar-refractivity contribution in [3.05, 3.63) is 84.1 Å². The number of hydrogen-bond donors (Lipinski definition) is 3. The molecule has 2 aliphatic heterocycles. The number of fused-ring (bicyclic) bond motifs is 2. The lowest BCUT2D eigenvalue weighted by Crippen LogP contribution is -2.56. The largest absolute Gasteiger partial charge is 0.479 e. The molecule has 1 aromatic heterocycles. The third-order valence-corrected chi connectivity index (χ3v) is 9.59. The van der Waals surface area contributed by atoms with Gasteiger partial charge in [0.2, 0.25) is 11.8 Å². The second-order valence-electron chi connectivity index (χ2n) is 14.6. The molecule has 1 saturated carbocycles. The lowest BCUT2D eigenvalue weighted by molar-refractivity contribution is -0.145. The highest BCUT2D eigenvalue weighted by atomic mass is 16.6. The summed E-state index contributed by atoms with van der Waals surface area (Å²) < 4.78 is 5.50. The molecule has 3 aliphatic rings. The Balaban J connectivity index is 1.35.